The van der Waals surface area contributed by atoms with Gasteiger partial charge in [-0.2, -0.15) is 0 Å². The van der Waals surface area contributed by atoms with E-state index in [1.54, 1.807) is 0 Å². The van der Waals surface area contributed by atoms with Crippen LogP contribution in [0, 0.1) is 5.92 Å². The SMILES string of the molecule is CCCC(C)c1nnc(CO)n1CC(C)C. The molecule has 4 nitrogen and oxygen atoms in total. The van der Waals surface area contributed by atoms with E-state index in [0.29, 0.717) is 17.7 Å². The third-order valence-corrected chi connectivity index (χ3v) is 2.71. The van der Waals surface area contributed by atoms with Gasteiger partial charge in [0.25, 0.3) is 0 Å². The van der Waals surface area contributed by atoms with Crippen molar-refractivity contribution in [3.63, 3.8) is 0 Å². The van der Waals surface area contributed by atoms with Crippen LogP contribution in [0.2, 0.25) is 0 Å². The molecule has 1 atom stereocenters. The lowest BCUT2D eigenvalue weighted by Gasteiger charge is -2.15. The predicted molar refractivity (Wildman–Crippen MR) is 64.1 cm³/mol. The highest BCUT2D eigenvalue weighted by atomic mass is 16.3. The van der Waals surface area contributed by atoms with Crippen molar-refractivity contribution >= 4 is 0 Å². The maximum Gasteiger partial charge on any atom is 0.158 e. The fraction of sp³-hybridized carbons (Fsp3) is 0.833. The van der Waals surface area contributed by atoms with Gasteiger partial charge in [0, 0.05) is 12.5 Å². The third kappa shape index (κ3) is 3.04. The van der Waals surface area contributed by atoms with Gasteiger partial charge < -0.3 is 9.67 Å². The minimum atomic E-state index is -0.0292. The number of rotatable bonds is 6. The van der Waals surface area contributed by atoms with Gasteiger partial charge in [0.1, 0.15) is 12.4 Å². The van der Waals surface area contributed by atoms with E-state index in [9.17, 15) is 5.11 Å². The summed E-state index contributed by atoms with van der Waals surface area (Å²) in [5.74, 6) is 2.65. The highest BCUT2D eigenvalue weighted by Gasteiger charge is 2.17. The number of aliphatic hydroxyl groups excluding tert-OH is 1. The molecule has 0 saturated heterocycles. The highest BCUT2D eigenvalue weighted by molar-refractivity contribution is 5.00. The Morgan fingerprint density at radius 1 is 1.25 bits per heavy atom. The molecule has 0 aliphatic rings. The lowest BCUT2D eigenvalue weighted by molar-refractivity contribution is 0.261. The Bertz CT molecular complexity index is 320. The van der Waals surface area contributed by atoms with E-state index < -0.39 is 0 Å². The molecule has 0 amide bonds. The third-order valence-electron chi connectivity index (χ3n) is 2.71. The monoisotopic (exact) mass is 225 g/mol. The van der Waals surface area contributed by atoms with Crippen LogP contribution in [-0.4, -0.2) is 19.9 Å². The number of hydrogen-bond acceptors (Lipinski definition) is 3. The number of hydrogen-bond donors (Lipinski definition) is 1. The summed E-state index contributed by atoms with van der Waals surface area (Å²) in [6.07, 6.45) is 2.26. The van der Waals surface area contributed by atoms with Crippen LogP contribution in [0.1, 0.15) is 58.1 Å². The van der Waals surface area contributed by atoms with Crippen LogP contribution < -0.4 is 0 Å². The Morgan fingerprint density at radius 2 is 1.94 bits per heavy atom. The zero-order valence-electron chi connectivity index (χ0n) is 10.8. The van der Waals surface area contributed by atoms with Crippen LogP contribution in [0.25, 0.3) is 0 Å². The molecule has 0 spiro atoms. The summed E-state index contributed by atoms with van der Waals surface area (Å²) >= 11 is 0. The molecule has 0 fully saturated rings. The molecule has 16 heavy (non-hydrogen) atoms. The molecule has 1 N–H and O–H groups in total. The molecule has 0 aromatic carbocycles. The van der Waals surface area contributed by atoms with Gasteiger partial charge in [-0.05, 0) is 12.3 Å². The summed E-state index contributed by atoms with van der Waals surface area (Å²) in [6.45, 7) is 9.52. The topological polar surface area (TPSA) is 50.9 Å². The van der Waals surface area contributed by atoms with E-state index in [-0.39, 0.29) is 6.61 Å². The number of aromatic nitrogens is 3. The van der Waals surface area contributed by atoms with E-state index >= 15 is 0 Å². The van der Waals surface area contributed by atoms with Crippen molar-refractivity contribution in [3.05, 3.63) is 11.6 Å². The Balaban J connectivity index is 2.94. The molecule has 1 heterocycles. The number of aliphatic hydroxyl groups is 1. The van der Waals surface area contributed by atoms with Crippen molar-refractivity contribution in [1.82, 2.24) is 14.8 Å². The zero-order chi connectivity index (χ0) is 12.1. The Morgan fingerprint density at radius 3 is 2.44 bits per heavy atom. The van der Waals surface area contributed by atoms with Gasteiger partial charge in [-0.25, -0.2) is 0 Å². The summed E-state index contributed by atoms with van der Waals surface area (Å²) < 4.78 is 2.07. The van der Waals surface area contributed by atoms with Gasteiger partial charge >= 0.3 is 0 Å². The van der Waals surface area contributed by atoms with Crippen LogP contribution in [0.3, 0.4) is 0 Å². The van der Waals surface area contributed by atoms with Crippen molar-refractivity contribution in [2.45, 2.75) is 59.6 Å². The van der Waals surface area contributed by atoms with Crippen LogP contribution in [0.15, 0.2) is 0 Å². The molecule has 92 valence electrons. The molecule has 0 radical (unpaired) electrons. The first-order chi connectivity index (χ1) is 7.60. The molecular weight excluding hydrogens is 202 g/mol. The van der Waals surface area contributed by atoms with Gasteiger partial charge in [0.2, 0.25) is 0 Å². The van der Waals surface area contributed by atoms with Gasteiger partial charge in [-0.15, -0.1) is 10.2 Å². The zero-order valence-corrected chi connectivity index (χ0v) is 10.8. The minimum Gasteiger partial charge on any atom is -0.388 e. The lowest BCUT2D eigenvalue weighted by atomic mass is 10.1. The van der Waals surface area contributed by atoms with Gasteiger partial charge in [-0.1, -0.05) is 34.1 Å². The molecule has 1 unspecified atom stereocenters. The van der Waals surface area contributed by atoms with E-state index in [0.717, 1.165) is 25.2 Å². The quantitative estimate of drug-likeness (QED) is 0.808. The summed E-state index contributed by atoms with van der Waals surface area (Å²) in [5, 5.41) is 17.5. The maximum absolute atomic E-state index is 9.23. The Kier molecular flexibility index (Phi) is 4.93. The van der Waals surface area contributed by atoms with Crippen molar-refractivity contribution < 1.29 is 5.11 Å². The largest absolute Gasteiger partial charge is 0.388 e. The van der Waals surface area contributed by atoms with Gasteiger partial charge in [-0.3, -0.25) is 0 Å². The average molecular weight is 225 g/mol. The molecule has 0 aliphatic heterocycles. The fourth-order valence-corrected chi connectivity index (χ4v) is 1.96. The van der Waals surface area contributed by atoms with Crippen molar-refractivity contribution in [1.29, 1.82) is 0 Å². The molecule has 0 bridgehead atoms. The molecule has 0 saturated carbocycles. The molecule has 1 rings (SSSR count). The summed E-state index contributed by atoms with van der Waals surface area (Å²) in [6, 6.07) is 0. The normalized spacial score (nSPS) is 13.4. The highest BCUT2D eigenvalue weighted by Crippen LogP contribution is 2.20. The second-order valence-corrected chi connectivity index (χ2v) is 4.83. The second kappa shape index (κ2) is 5.99. The minimum absolute atomic E-state index is 0.0292. The van der Waals surface area contributed by atoms with Crippen LogP contribution in [0.5, 0.6) is 0 Å². The summed E-state index contributed by atoms with van der Waals surface area (Å²) in [7, 11) is 0. The van der Waals surface area contributed by atoms with Crippen LogP contribution >= 0.6 is 0 Å². The average Bonchev–Trinajstić information content (AvgIpc) is 2.60. The van der Waals surface area contributed by atoms with Crippen molar-refractivity contribution in [3.8, 4) is 0 Å². The Hall–Kier alpha value is -0.900. The lowest BCUT2D eigenvalue weighted by Crippen LogP contribution is -2.14. The first-order valence-electron chi connectivity index (χ1n) is 6.12. The Labute approximate surface area is 97.7 Å². The second-order valence-electron chi connectivity index (χ2n) is 4.83. The summed E-state index contributed by atoms with van der Waals surface area (Å²) in [5.41, 5.74) is 0. The van der Waals surface area contributed by atoms with E-state index in [2.05, 4.69) is 42.5 Å². The summed E-state index contributed by atoms with van der Waals surface area (Å²) in [4.78, 5) is 0. The van der Waals surface area contributed by atoms with Crippen LogP contribution in [-0.2, 0) is 13.2 Å². The van der Waals surface area contributed by atoms with Gasteiger partial charge in [0.15, 0.2) is 5.82 Å². The fourth-order valence-electron chi connectivity index (χ4n) is 1.96. The molecule has 1 aromatic rings. The predicted octanol–water partition coefficient (Wildman–Crippen LogP) is 2.33. The molecule has 1 aromatic heterocycles. The van der Waals surface area contributed by atoms with Gasteiger partial charge in [0.05, 0.1) is 0 Å². The van der Waals surface area contributed by atoms with E-state index in [1.807, 2.05) is 0 Å². The smallest absolute Gasteiger partial charge is 0.158 e. The van der Waals surface area contributed by atoms with Crippen molar-refractivity contribution in [2.75, 3.05) is 0 Å². The first-order valence-corrected chi connectivity index (χ1v) is 6.12. The van der Waals surface area contributed by atoms with Crippen LogP contribution in [0.4, 0.5) is 0 Å². The number of nitrogens with zero attached hydrogens (tertiary/aromatic N) is 3. The molecule has 0 aliphatic carbocycles. The molecular formula is C12H23N3O. The van der Waals surface area contributed by atoms with Crippen molar-refractivity contribution in [2.24, 2.45) is 5.92 Å². The van der Waals surface area contributed by atoms with E-state index in [4.69, 9.17) is 0 Å². The standard InChI is InChI=1S/C12H23N3O/c1-5-6-10(4)12-14-13-11(8-16)15(12)7-9(2)3/h9-10,16H,5-8H2,1-4H3. The first kappa shape index (κ1) is 13.2. The maximum atomic E-state index is 9.23. The molecule has 4 heteroatoms. The van der Waals surface area contributed by atoms with E-state index in [1.165, 1.54) is 0 Å².